The number of piperidine rings is 1. The van der Waals surface area contributed by atoms with Gasteiger partial charge in [0.25, 0.3) is 0 Å². The van der Waals surface area contributed by atoms with Crippen molar-refractivity contribution in [1.29, 1.82) is 0 Å². The predicted octanol–water partition coefficient (Wildman–Crippen LogP) is 2.08. The van der Waals surface area contributed by atoms with Crippen LogP contribution in [-0.4, -0.2) is 28.5 Å². The maximum Gasteiger partial charge on any atom is 0.174 e. The molecule has 1 atom stereocenters. The number of hydrogen-bond acceptors (Lipinski definition) is 5. The minimum absolute atomic E-state index is 0.679. The quantitative estimate of drug-likeness (QED) is 0.805. The molecule has 1 aliphatic heterocycles. The van der Waals surface area contributed by atoms with Crippen LogP contribution >= 0.6 is 23.1 Å². The van der Waals surface area contributed by atoms with Crippen molar-refractivity contribution < 1.29 is 0 Å². The second-order valence-corrected chi connectivity index (χ2v) is 5.99. The van der Waals surface area contributed by atoms with Gasteiger partial charge in [0.15, 0.2) is 4.34 Å². The first-order chi connectivity index (χ1) is 6.84. The van der Waals surface area contributed by atoms with Crippen LogP contribution in [0.5, 0.6) is 0 Å². The highest BCUT2D eigenvalue weighted by Crippen LogP contribution is 2.24. The fourth-order valence-corrected chi connectivity index (χ4v) is 3.52. The molecule has 0 aromatic carbocycles. The van der Waals surface area contributed by atoms with Gasteiger partial charge >= 0.3 is 0 Å². The van der Waals surface area contributed by atoms with E-state index in [2.05, 4.69) is 15.5 Å². The third-order valence-corrected chi connectivity index (χ3v) is 4.46. The van der Waals surface area contributed by atoms with Crippen LogP contribution in [0.25, 0.3) is 0 Å². The van der Waals surface area contributed by atoms with E-state index in [1.807, 2.05) is 18.7 Å². The Morgan fingerprint density at radius 1 is 1.50 bits per heavy atom. The van der Waals surface area contributed by atoms with Crippen molar-refractivity contribution in [3.8, 4) is 0 Å². The third-order valence-electron chi connectivity index (χ3n) is 2.33. The van der Waals surface area contributed by atoms with E-state index in [0.717, 1.165) is 15.1 Å². The molecule has 1 aliphatic rings. The van der Waals surface area contributed by atoms with Crippen LogP contribution in [0, 0.1) is 6.92 Å². The van der Waals surface area contributed by atoms with Crippen molar-refractivity contribution in [1.82, 2.24) is 15.5 Å². The normalized spacial score (nSPS) is 22.5. The van der Waals surface area contributed by atoms with Crippen LogP contribution in [0.4, 0.5) is 0 Å². The largest absolute Gasteiger partial charge is 0.313 e. The molecule has 0 aliphatic carbocycles. The number of rotatable bonds is 3. The SMILES string of the molecule is Cc1nnc(SC[C@H]2CCCCN2)s1. The lowest BCUT2D eigenvalue weighted by Gasteiger charge is -2.22. The standard InChI is InChI=1S/C9H15N3S2/c1-7-11-12-9(14-7)13-6-8-4-2-3-5-10-8/h8,10H,2-6H2,1H3/t8-/m1/s1. The van der Waals surface area contributed by atoms with Crippen LogP contribution in [0.3, 0.4) is 0 Å². The number of aryl methyl sites for hydroxylation is 1. The molecule has 0 spiro atoms. The van der Waals surface area contributed by atoms with Crippen LogP contribution in [0.1, 0.15) is 24.3 Å². The van der Waals surface area contributed by atoms with Gasteiger partial charge in [-0.05, 0) is 26.3 Å². The van der Waals surface area contributed by atoms with Gasteiger partial charge in [0.2, 0.25) is 0 Å². The van der Waals surface area contributed by atoms with Gasteiger partial charge in [0.1, 0.15) is 5.01 Å². The van der Waals surface area contributed by atoms with E-state index in [4.69, 9.17) is 0 Å². The van der Waals surface area contributed by atoms with Gasteiger partial charge in [-0.3, -0.25) is 0 Å². The van der Waals surface area contributed by atoms with E-state index in [9.17, 15) is 0 Å². The Morgan fingerprint density at radius 3 is 3.07 bits per heavy atom. The molecule has 1 saturated heterocycles. The Labute approximate surface area is 92.7 Å². The van der Waals surface area contributed by atoms with Gasteiger partial charge < -0.3 is 5.32 Å². The summed E-state index contributed by atoms with van der Waals surface area (Å²) in [6.45, 7) is 3.18. The number of nitrogens with one attached hydrogen (secondary N) is 1. The van der Waals surface area contributed by atoms with E-state index in [0.29, 0.717) is 6.04 Å². The second-order valence-electron chi connectivity index (χ2n) is 3.54. The Hall–Kier alpha value is -0.130. The molecule has 1 aromatic rings. The number of hydrogen-bond donors (Lipinski definition) is 1. The number of thioether (sulfide) groups is 1. The van der Waals surface area contributed by atoms with Crippen LogP contribution in [-0.2, 0) is 0 Å². The molecule has 78 valence electrons. The lowest BCUT2D eigenvalue weighted by atomic mass is 10.1. The lowest BCUT2D eigenvalue weighted by Crippen LogP contribution is -2.35. The molecule has 2 rings (SSSR count). The summed E-state index contributed by atoms with van der Waals surface area (Å²) in [6.07, 6.45) is 4.01. The minimum Gasteiger partial charge on any atom is -0.313 e. The first kappa shape index (κ1) is 10.4. The molecular weight excluding hydrogens is 214 g/mol. The summed E-state index contributed by atoms with van der Waals surface area (Å²) < 4.78 is 1.11. The molecule has 1 fully saturated rings. The zero-order valence-corrected chi connectivity index (χ0v) is 9.96. The predicted molar refractivity (Wildman–Crippen MR) is 61.0 cm³/mol. The second kappa shape index (κ2) is 5.09. The van der Waals surface area contributed by atoms with Crippen LogP contribution in [0.2, 0.25) is 0 Å². The lowest BCUT2D eigenvalue weighted by molar-refractivity contribution is 0.430. The maximum atomic E-state index is 4.10. The molecule has 0 amide bonds. The van der Waals surface area contributed by atoms with E-state index in [1.165, 1.54) is 25.8 Å². The molecule has 14 heavy (non-hydrogen) atoms. The molecule has 0 unspecified atom stereocenters. The maximum absolute atomic E-state index is 4.10. The molecule has 5 heteroatoms. The molecule has 2 heterocycles. The molecular formula is C9H15N3S2. The van der Waals surface area contributed by atoms with E-state index in [-0.39, 0.29) is 0 Å². The van der Waals surface area contributed by atoms with Crippen LogP contribution in [0.15, 0.2) is 4.34 Å². The molecule has 1 aromatic heterocycles. The monoisotopic (exact) mass is 229 g/mol. The van der Waals surface area contributed by atoms with E-state index in [1.54, 1.807) is 11.3 Å². The van der Waals surface area contributed by atoms with Gasteiger partial charge in [-0.25, -0.2) is 0 Å². The zero-order chi connectivity index (χ0) is 9.80. The minimum atomic E-state index is 0.679. The van der Waals surface area contributed by atoms with Crippen LogP contribution < -0.4 is 5.32 Å². The Balaban J connectivity index is 1.76. The van der Waals surface area contributed by atoms with E-state index < -0.39 is 0 Å². The van der Waals surface area contributed by atoms with E-state index >= 15 is 0 Å². The summed E-state index contributed by atoms with van der Waals surface area (Å²) in [5.74, 6) is 1.13. The fourth-order valence-electron chi connectivity index (χ4n) is 1.57. The van der Waals surface area contributed by atoms with Crippen molar-refractivity contribution in [2.45, 2.75) is 36.6 Å². The van der Waals surface area contributed by atoms with Gasteiger partial charge in [0.05, 0.1) is 0 Å². The summed E-state index contributed by atoms with van der Waals surface area (Å²) in [6, 6.07) is 0.679. The summed E-state index contributed by atoms with van der Waals surface area (Å²) in [7, 11) is 0. The van der Waals surface area contributed by atoms with Crippen molar-refractivity contribution in [2.24, 2.45) is 0 Å². The van der Waals surface area contributed by atoms with Gasteiger partial charge in [-0.15, -0.1) is 10.2 Å². The summed E-state index contributed by atoms with van der Waals surface area (Å²) in [4.78, 5) is 0. The zero-order valence-electron chi connectivity index (χ0n) is 8.32. The Bertz CT molecular complexity index is 281. The molecule has 0 radical (unpaired) electrons. The number of nitrogens with zero attached hydrogens (tertiary/aromatic N) is 2. The van der Waals surface area contributed by atoms with Crippen molar-refractivity contribution in [2.75, 3.05) is 12.3 Å². The summed E-state index contributed by atoms with van der Waals surface area (Å²) in [5, 5.41) is 12.7. The van der Waals surface area contributed by atoms with Crippen molar-refractivity contribution >= 4 is 23.1 Å². The average Bonchev–Trinajstić information content (AvgIpc) is 2.63. The average molecular weight is 229 g/mol. The molecule has 1 N–H and O–H groups in total. The van der Waals surface area contributed by atoms with Gasteiger partial charge in [-0.1, -0.05) is 29.5 Å². The molecule has 0 bridgehead atoms. The molecule has 0 saturated carbocycles. The smallest absolute Gasteiger partial charge is 0.174 e. The highest BCUT2D eigenvalue weighted by molar-refractivity contribution is 8.01. The molecule has 3 nitrogen and oxygen atoms in total. The van der Waals surface area contributed by atoms with Crippen molar-refractivity contribution in [3.05, 3.63) is 5.01 Å². The summed E-state index contributed by atoms with van der Waals surface area (Å²) in [5.41, 5.74) is 0. The number of aromatic nitrogens is 2. The Kier molecular flexibility index (Phi) is 3.78. The highest BCUT2D eigenvalue weighted by atomic mass is 32.2. The first-order valence-electron chi connectivity index (χ1n) is 5.01. The van der Waals surface area contributed by atoms with Crippen molar-refractivity contribution in [3.63, 3.8) is 0 Å². The van der Waals surface area contributed by atoms with Gasteiger partial charge in [-0.2, -0.15) is 0 Å². The van der Waals surface area contributed by atoms with Gasteiger partial charge in [0, 0.05) is 11.8 Å². The first-order valence-corrected chi connectivity index (χ1v) is 6.81. The third kappa shape index (κ3) is 2.93. The summed E-state index contributed by atoms with van der Waals surface area (Å²) >= 11 is 3.52. The Morgan fingerprint density at radius 2 is 2.43 bits per heavy atom. The highest BCUT2D eigenvalue weighted by Gasteiger charge is 2.13. The fraction of sp³-hybridized carbons (Fsp3) is 0.778. The topological polar surface area (TPSA) is 37.8 Å².